The maximum absolute atomic E-state index is 11.9. The molecule has 2 N–H and O–H groups in total. The van der Waals surface area contributed by atoms with Crippen LogP contribution in [0.25, 0.3) is 10.8 Å². The number of aromatic nitrogens is 2. The van der Waals surface area contributed by atoms with Crippen LogP contribution in [0.5, 0.6) is 0 Å². The topological polar surface area (TPSA) is 70.9 Å². The van der Waals surface area contributed by atoms with Crippen LogP contribution < -0.4 is 10.9 Å². The van der Waals surface area contributed by atoms with Gasteiger partial charge in [-0.05, 0) is 24.4 Å². The molecule has 0 aliphatic heterocycles. The fourth-order valence-electron chi connectivity index (χ4n) is 1.99. The number of aryl methyl sites for hydroxylation is 1. The van der Waals surface area contributed by atoms with E-state index in [2.05, 4.69) is 15.5 Å². The summed E-state index contributed by atoms with van der Waals surface area (Å²) < 4.78 is 5.10. The van der Waals surface area contributed by atoms with Gasteiger partial charge in [0.05, 0.1) is 12.2 Å². The second kappa shape index (κ2) is 4.61. The van der Waals surface area contributed by atoms with Gasteiger partial charge in [0, 0.05) is 11.5 Å². The van der Waals surface area contributed by atoms with Gasteiger partial charge in [0.2, 0.25) is 0 Å². The summed E-state index contributed by atoms with van der Waals surface area (Å²) in [7, 11) is 0. The zero-order chi connectivity index (χ0) is 13.2. The van der Waals surface area contributed by atoms with Gasteiger partial charge in [-0.2, -0.15) is 0 Å². The molecule has 19 heavy (non-hydrogen) atoms. The number of anilines is 1. The predicted octanol–water partition coefficient (Wildman–Crippen LogP) is 2.44. The molecule has 1 aromatic carbocycles. The van der Waals surface area contributed by atoms with E-state index >= 15 is 0 Å². The van der Waals surface area contributed by atoms with Gasteiger partial charge in [-0.15, -0.1) is 0 Å². The van der Waals surface area contributed by atoms with E-state index < -0.39 is 0 Å². The third kappa shape index (κ3) is 2.35. The van der Waals surface area contributed by atoms with Crippen molar-refractivity contribution in [2.75, 3.05) is 5.32 Å². The Morgan fingerprint density at radius 3 is 2.95 bits per heavy atom. The Kier molecular flexibility index (Phi) is 2.79. The molecule has 0 saturated heterocycles. The number of hydrogen-bond donors (Lipinski definition) is 2. The van der Waals surface area contributed by atoms with Crippen LogP contribution in [0.15, 0.2) is 45.7 Å². The number of nitrogens with zero attached hydrogens (tertiary/aromatic N) is 1. The van der Waals surface area contributed by atoms with Gasteiger partial charge >= 0.3 is 0 Å². The lowest BCUT2D eigenvalue weighted by Crippen LogP contribution is -2.10. The Balaban J connectivity index is 1.87. The SMILES string of the molecule is Cc1cc(CNc2cc3ccccc3c(=O)[nH]2)on1. The van der Waals surface area contributed by atoms with E-state index in [1.165, 1.54) is 0 Å². The number of hydrogen-bond acceptors (Lipinski definition) is 4. The van der Waals surface area contributed by atoms with Gasteiger partial charge < -0.3 is 14.8 Å². The van der Waals surface area contributed by atoms with Gasteiger partial charge in [-0.25, -0.2) is 0 Å². The van der Waals surface area contributed by atoms with Crippen LogP contribution in [0.1, 0.15) is 11.5 Å². The van der Waals surface area contributed by atoms with Crippen molar-refractivity contribution in [3.05, 3.63) is 58.2 Å². The monoisotopic (exact) mass is 255 g/mol. The zero-order valence-corrected chi connectivity index (χ0v) is 10.4. The average molecular weight is 255 g/mol. The number of fused-ring (bicyclic) bond motifs is 1. The molecule has 96 valence electrons. The largest absolute Gasteiger partial charge is 0.364 e. The maximum Gasteiger partial charge on any atom is 0.257 e. The molecule has 3 aromatic rings. The van der Waals surface area contributed by atoms with E-state index in [9.17, 15) is 4.79 Å². The minimum absolute atomic E-state index is 0.102. The second-order valence-electron chi connectivity index (χ2n) is 4.39. The number of nitrogens with one attached hydrogen (secondary N) is 2. The first-order chi connectivity index (χ1) is 9.22. The molecule has 0 radical (unpaired) electrons. The summed E-state index contributed by atoms with van der Waals surface area (Å²) in [4.78, 5) is 14.7. The highest BCUT2D eigenvalue weighted by Crippen LogP contribution is 2.13. The lowest BCUT2D eigenvalue weighted by Gasteiger charge is -2.05. The van der Waals surface area contributed by atoms with E-state index in [1.54, 1.807) is 6.07 Å². The van der Waals surface area contributed by atoms with E-state index in [-0.39, 0.29) is 5.56 Å². The van der Waals surface area contributed by atoms with Crippen LogP contribution in [0, 0.1) is 6.92 Å². The molecule has 0 bridgehead atoms. The number of rotatable bonds is 3. The normalized spacial score (nSPS) is 10.8. The van der Waals surface area contributed by atoms with E-state index in [4.69, 9.17) is 4.52 Å². The summed E-state index contributed by atoms with van der Waals surface area (Å²) in [5, 5.41) is 8.52. The zero-order valence-electron chi connectivity index (χ0n) is 10.4. The highest BCUT2D eigenvalue weighted by molar-refractivity contribution is 5.83. The molecular weight excluding hydrogens is 242 g/mol. The Labute approximate surface area is 109 Å². The molecule has 3 rings (SSSR count). The Morgan fingerprint density at radius 2 is 2.16 bits per heavy atom. The second-order valence-corrected chi connectivity index (χ2v) is 4.39. The van der Waals surface area contributed by atoms with Crippen molar-refractivity contribution in [3.8, 4) is 0 Å². The summed E-state index contributed by atoms with van der Waals surface area (Å²) >= 11 is 0. The fourth-order valence-corrected chi connectivity index (χ4v) is 1.99. The van der Waals surface area contributed by atoms with Gasteiger partial charge in [-0.1, -0.05) is 23.4 Å². The van der Waals surface area contributed by atoms with Gasteiger partial charge in [-0.3, -0.25) is 4.79 Å². The van der Waals surface area contributed by atoms with Crippen molar-refractivity contribution in [3.63, 3.8) is 0 Å². The van der Waals surface area contributed by atoms with E-state index in [0.29, 0.717) is 17.7 Å². The summed E-state index contributed by atoms with van der Waals surface area (Å²) in [6, 6.07) is 11.2. The predicted molar refractivity (Wildman–Crippen MR) is 73.1 cm³/mol. The molecule has 0 aliphatic rings. The highest BCUT2D eigenvalue weighted by atomic mass is 16.5. The van der Waals surface area contributed by atoms with Crippen molar-refractivity contribution in [2.45, 2.75) is 13.5 Å². The molecule has 0 amide bonds. The van der Waals surface area contributed by atoms with Crippen LogP contribution in [0.3, 0.4) is 0 Å². The summed E-state index contributed by atoms with van der Waals surface area (Å²) in [6.07, 6.45) is 0. The van der Waals surface area contributed by atoms with Crippen molar-refractivity contribution >= 4 is 16.6 Å². The Hall–Kier alpha value is -2.56. The van der Waals surface area contributed by atoms with Crippen LogP contribution in [-0.2, 0) is 6.54 Å². The van der Waals surface area contributed by atoms with Gasteiger partial charge in [0.25, 0.3) is 5.56 Å². The molecule has 5 heteroatoms. The number of pyridine rings is 1. The molecule has 0 saturated carbocycles. The summed E-state index contributed by atoms with van der Waals surface area (Å²) in [6.45, 7) is 2.35. The van der Waals surface area contributed by atoms with Crippen LogP contribution in [0.2, 0.25) is 0 Å². The maximum atomic E-state index is 11.9. The van der Waals surface area contributed by atoms with Gasteiger partial charge in [0.15, 0.2) is 5.76 Å². The minimum atomic E-state index is -0.102. The van der Waals surface area contributed by atoms with Crippen molar-refractivity contribution in [1.29, 1.82) is 0 Å². The minimum Gasteiger partial charge on any atom is -0.364 e. The van der Waals surface area contributed by atoms with Crippen molar-refractivity contribution in [2.24, 2.45) is 0 Å². The molecular formula is C14H13N3O2. The van der Waals surface area contributed by atoms with Crippen LogP contribution >= 0.6 is 0 Å². The Morgan fingerprint density at radius 1 is 1.32 bits per heavy atom. The van der Waals surface area contributed by atoms with Crippen molar-refractivity contribution < 1.29 is 4.52 Å². The molecule has 0 fully saturated rings. The highest BCUT2D eigenvalue weighted by Gasteiger charge is 2.03. The molecule has 0 aliphatic carbocycles. The summed E-state index contributed by atoms with van der Waals surface area (Å²) in [5.41, 5.74) is 0.734. The molecule has 2 heterocycles. The lowest BCUT2D eigenvalue weighted by molar-refractivity contribution is 0.384. The Bertz CT molecular complexity index is 773. The first-order valence-electron chi connectivity index (χ1n) is 6.00. The standard InChI is InChI=1S/C14H13N3O2/c1-9-6-11(19-17-9)8-15-13-7-10-4-2-3-5-12(10)14(18)16-13/h2-7H,8H2,1H3,(H2,15,16,18). The van der Waals surface area contributed by atoms with E-state index in [1.807, 2.05) is 37.3 Å². The van der Waals surface area contributed by atoms with Crippen LogP contribution in [0.4, 0.5) is 5.82 Å². The first-order valence-corrected chi connectivity index (χ1v) is 6.00. The third-order valence-corrected chi connectivity index (χ3v) is 2.88. The summed E-state index contributed by atoms with van der Waals surface area (Å²) in [5.74, 6) is 1.39. The third-order valence-electron chi connectivity index (χ3n) is 2.88. The molecule has 5 nitrogen and oxygen atoms in total. The van der Waals surface area contributed by atoms with E-state index in [0.717, 1.165) is 16.8 Å². The molecule has 2 aromatic heterocycles. The quantitative estimate of drug-likeness (QED) is 0.754. The van der Waals surface area contributed by atoms with Crippen molar-refractivity contribution in [1.82, 2.24) is 10.1 Å². The van der Waals surface area contributed by atoms with Gasteiger partial charge in [0.1, 0.15) is 5.82 Å². The lowest BCUT2D eigenvalue weighted by atomic mass is 10.2. The smallest absolute Gasteiger partial charge is 0.257 e. The number of H-pyrrole nitrogens is 1. The van der Waals surface area contributed by atoms with Crippen LogP contribution in [-0.4, -0.2) is 10.1 Å². The molecule has 0 spiro atoms. The first kappa shape index (κ1) is 11.5. The molecule has 0 unspecified atom stereocenters. The number of aromatic amines is 1. The molecule has 0 atom stereocenters. The number of benzene rings is 1. The fraction of sp³-hybridized carbons (Fsp3) is 0.143. The average Bonchev–Trinajstić information content (AvgIpc) is 2.82.